The van der Waals surface area contributed by atoms with E-state index in [-0.39, 0.29) is 25.0 Å². The van der Waals surface area contributed by atoms with Crippen LogP contribution >= 0.6 is 0 Å². The van der Waals surface area contributed by atoms with Crippen LogP contribution in [0.25, 0.3) is 0 Å². The maximum absolute atomic E-state index is 13.1. The molecule has 156 valence electrons. The number of benzene rings is 2. The third-order valence-corrected chi connectivity index (χ3v) is 4.81. The zero-order valence-corrected chi connectivity index (χ0v) is 17.8. The van der Waals surface area contributed by atoms with Gasteiger partial charge < -0.3 is 19.7 Å². The minimum atomic E-state index is -0.582. The van der Waals surface area contributed by atoms with Crippen molar-refractivity contribution in [3.05, 3.63) is 59.2 Å². The molecule has 1 N–H and O–H groups in total. The molecule has 0 bridgehead atoms. The van der Waals surface area contributed by atoms with E-state index in [1.807, 2.05) is 63.2 Å². The Hall–Kier alpha value is -3.02. The van der Waals surface area contributed by atoms with Crippen LogP contribution in [0, 0.1) is 13.8 Å². The van der Waals surface area contributed by atoms with Gasteiger partial charge in [0.05, 0.1) is 7.11 Å². The second-order valence-corrected chi connectivity index (χ2v) is 6.97. The van der Waals surface area contributed by atoms with E-state index in [1.54, 1.807) is 19.1 Å². The van der Waals surface area contributed by atoms with Crippen LogP contribution in [0.2, 0.25) is 0 Å². The van der Waals surface area contributed by atoms with Gasteiger partial charge in [-0.2, -0.15) is 0 Å². The summed E-state index contributed by atoms with van der Waals surface area (Å²) < 4.78 is 11.1. The van der Waals surface area contributed by atoms with Crippen molar-refractivity contribution in [1.82, 2.24) is 10.2 Å². The summed E-state index contributed by atoms with van der Waals surface area (Å²) in [5, 5.41) is 2.65. The van der Waals surface area contributed by atoms with E-state index < -0.39 is 6.04 Å². The first kappa shape index (κ1) is 22.3. The first-order valence-electron chi connectivity index (χ1n) is 9.73. The third-order valence-electron chi connectivity index (χ3n) is 4.81. The second-order valence-electron chi connectivity index (χ2n) is 6.97. The lowest BCUT2D eigenvalue weighted by atomic mass is 10.1. The van der Waals surface area contributed by atoms with E-state index in [1.165, 1.54) is 0 Å². The quantitative estimate of drug-likeness (QED) is 0.704. The zero-order chi connectivity index (χ0) is 21.4. The molecule has 0 aromatic heterocycles. The van der Waals surface area contributed by atoms with E-state index in [9.17, 15) is 9.59 Å². The van der Waals surface area contributed by atoms with Gasteiger partial charge in [-0.3, -0.25) is 9.59 Å². The van der Waals surface area contributed by atoms with E-state index in [2.05, 4.69) is 5.32 Å². The number of hydrogen-bond acceptors (Lipinski definition) is 4. The summed E-state index contributed by atoms with van der Waals surface area (Å²) in [6.45, 7) is 5.95. The summed E-state index contributed by atoms with van der Waals surface area (Å²) in [6.07, 6.45) is 0.499. The fourth-order valence-electron chi connectivity index (χ4n) is 3.14. The van der Waals surface area contributed by atoms with Crippen LogP contribution in [0.5, 0.6) is 11.5 Å². The molecule has 0 spiro atoms. The molecule has 1 atom stereocenters. The Bertz CT molecular complexity index is 851. The van der Waals surface area contributed by atoms with Crippen molar-refractivity contribution in [2.24, 2.45) is 0 Å². The molecule has 6 nitrogen and oxygen atoms in total. The molecule has 29 heavy (non-hydrogen) atoms. The largest absolute Gasteiger partial charge is 0.497 e. The molecular formula is C23H30N2O4. The minimum absolute atomic E-state index is 0.137. The predicted octanol–water partition coefficient (Wildman–Crippen LogP) is 3.24. The molecule has 6 heteroatoms. The van der Waals surface area contributed by atoms with Gasteiger partial charge in [-0.05, 0) is 55.2 Å². The molecule has 0 aliphatic heterocycles. The second kappa shape index (κ2) is 10.5. The highest BCUT2D eigenvalue weighted by Gasteiger charge is 2.28. The van der Waals surface area contributed by atoms with Gasteiger partial charge in [-0.1, -0.05) is 31.2 Å². The summed E-state index contributed by atoms with van der Waals surface area (Å²) in [7, 11) is 3.17. The average molecular weight is 399 g/mol. The number of likely N-dealkylation sites (N-methyl/N-ethyl adjacent to an activating group) is 1. The van der Waals surface area contributed by atoms with Gasteiger partial charge in [0.25, 0.3) is 5.91 Å². The van der Waals surface area contributed by atoms with Crippen LogP contribution in [0.3, 0.4) is 0 Å². The van der Waals surface area contributed by atoms with E-state index in [4.69, 9.17) is 9.47 Å². The molecule has 2 aromatic carbocycles. The maximum Gasteiger partial charge on any atom is 0.261 e. The Balaban J connectivity index is 2.23. The van der Waals surface area contributed by atoms with Crippen LogP contribution in [0.4, 0.5) is 0 Å². The van der Waals surface area contributed by atoms with Crippen LogP contribution < -0.4 is 14.8 Å². The van der Waals surface area contributed by atoms with Crippen LogP contribution in [0.1, 0.15) is 30.0 Å². The highest BCUT2D eigenvalue weighted by Crippen LogP contribution is 2.21. The van der Waals surface area contributed by atoms with Gasteiger partial charge in [0, 0.05) is 13.6 Å². The lowest BCUT2D eigenvalue weighted by Gasteiger charge is -2.30. The molecule has 2 amide bonds. The summed E-state index contributed by atoms with van der Waals surface area (Å²) in [5.74, 6) is 0.932. The van der Waals surface area contributed by atoms with Crippen molar-refractivity contribution in [1.29, 1.82) is 0 Å². The molecule has 0 fully saturated rings. The molecule has 0 heterocycles. The summed E-state index contributed by atoms with van der Waals surface area (Å²) >= 11 is 0. The zero-order valence-electron chi connectivity index (χ0n) is 17.8. The molecule has 0 saturated carbocycles. The predicted molar refractivity (Wildman–Crippen MR) is 113 cm³/mol. The first-order valence-corrected chi connectivity index (χ1v) is 9.73. The molecule has 0 saturated heterocycles. The van der Waals surface area contributed by atoms with Gasteiger partial charge in [0.2, 0.25) is 5.91 Å². The molecule has 0 aliphatic rings. The van der Waals surface area contributed by atoms with Crippen molar-refractivity contribution >= 4 is 11.8 Å². The monoisotopic (exact) mass is 398 g/mol. The number of ether oxygens (including phenoxy) is 2. The lowest BCUT2D eigenvalue weighted by molar-refractivity contribution is -0.142. The van der Waals surface area contributed by atoms with Gasteiger partial charge in [0.15, 0.2) is 6.61 Å². The topological polar surface area (TPSA) is 67.9 Å². The van der Waals surface area contributed by atoms with Crippen LogP contribution in [-0.2, 0) is 16.1 Å². The average Bonchev–Trinajstić information content (AvgIpc) is 2.73. The van der Waals surface area contributed by atoms with Gasteiger partial charge >= 0.3 is 0 Å². The molecule has 2 rings (SSSR count). The third kappa shape index (κ3) is 5.98. The van der Waals surface area contributed by atoms with Gasteiger partial charge in [0.1, 0.15) is 17.5 Å². The van der Waals surface area contributed by atoms with Crippen molar-refractivity contribution in [3.8, 4) is 11.5 Å². The number of carbonyl (C=O) groups excluding carboxylic acids is 2. The van der Waals surface area contributed by atoms with Crippen LogP contribution in [0.15, 0.2) is 42.5 Å². The summed E-state index contributed by atoms with van der Waals surface area (Å²) in [5.41, 5.74) is 2.90. The SMILES string of the molecule is CC[C@H](C(=O)NC)N(Cc1cccc(OC)c1)C(=O)COc1cc(C)ccc1C. The highest BCUT2D eigenvalue weighted by atomic mass is 16.5. The Morgan fingerprint density at radius 1 is 1.14 bits per heavy atom. The van der Waals surface area contributed by atoms with E-state index >= 15 is 0 Å². The molecule has 0 aliphatic carbocycles. The number of hydrogen-bond donors (Lipinski definition) is 1. The van der Waals surface area contributed by atoms with E-state index in [0.717, 1.165) is 16.7 Å². The molecule has 2 aromatic rings. The number of methoxy groups -OCH3 is 1. The Labute approximate surface area is 172 Å². The minimum Gasteiger partial charge on any atom is -0.497 e. The standard InChI is InChI=1S/C23H30N2O4/c1-6-20(23(27)24-4)25(14-18-8-7-9-19(13-18)28-5)22(26)15-29-21-12-16(2)10-11-17(21)3/h7-13,20H,6,14-15H2,1-5H3,(H,24,27)/t20-/m1/s1. The molecular weight excluding hydrogens is 368 g/mol. The number of aryl methyl sites for hydroxylation is 2. The smallest absolute Gasteiger partial charge is 0.261 e. The highest BCUT2D eigenvalue weighted by molar-refractivity contribution is 5.88. The fraction of sp³-hybridized carbons (Fsp3) is 0.391. The maximum atomic E-state index is 13.1. The first-order chi connectivity index (χ1) is 13.9. The summed E-state index contributed by atoms with van der Waals surface area (Å²) in [6, 6.07) is 12.8. The van der Waals surface area contributed by atoms with Crippen molar-refractivity contribution < 1.29 is 19.1 Å². The van der Waals surface area contributed by atoms with Gasteiger partial charge in [-0.15, -0.1) is 0 Å². The van der Waals surface area contributed by atoms with E-state index in [0.29, 0.717) is 17.9 Å². The number of rotatable bonds is 9. The Kier molecular flexibility index (Phi) is 8.07. The van der Waals surface area contributed by atoms with Crippen molar-refractivity contribution in [2.45, 2.75) is 39.8 Å². The van der Waals surface area contributed by atoms with Crippen molar-refractivity contribution in [2.75, 3.05) is 20.8 Å². The number of nitrogens with one attached hydrogen (secondary N) is 1. The number of carbonyl (C=O) groups is 2. The Morgan fingerprint density at radius 2 is 1.90 bits per heavy atom. The molecule has 0 unspecified atom stereocenters. The number of nitrogens with zero attached hydrogens (tertiary/aromatic N) is 1. The normalized spacial score (nSPS) is 11.5. The molecule has 0 radical (unpaired) electrons. The van der Waals surface area contributed by atoms with Gasteiger partial charge in [-0.25, -0.2) is 0 Å². The van der Waals surface area contributed by atoms with Crippen LogP contribution in [-0.4, -0.2) is 43.5 Å². The van der Waals surface area contributed by atoms with Crippen molar-refractivity contribution in [3.63, 3.8) is 0 Å². The summed E-state index contributed by atoms with van der Waals surface area (Å²) in [4.78, 5) is 27.1. The fourth-order valence-corrected chi connectivity index (χ4v) is 3.14. The lowest BCUT2D eigenvalue weighted by Crippen LogP contribution is -2.49. The number of amides is 2. The Morgan fingerprint density at radius 3 is 2.55 bits per heavy atom.